The normalized spacial score (nSPS) is 24.6. The van der Waals surface area contributed by atoms with E-state index in [2.05, 4.69) is 14.9 Å². The van der Waals surface area contributed by atoms with Gasteiger partial charge in [0.25, 0.3) is 0 Å². The highest BCUT2D eigenvalue weighted by molar-refractivity contribution is 6.18. The maximum absolute atomic E-state index is 11.5. The number of amides is 1. The molecule has 0 radical (unpaired) electrons. The largest absolute Gasteiger partial charge is 0.351 e. The van der Waals surface area contributed by atoms with Gasteiger partial charge in [0.05, 0.1) is 12.4 Å². The minimum absolute atomic E-state index is 0.0482. The van der Waals surface area contributed by atoms with E-state index in [1.165, 1.54) is 0 Å². The molecule has 1 heterocycles. The summed E-state index contributed by atoms with van der Waals surface area (Å²) in [7, 11) is 0. The summed E-state index contributed by atoms with van der Waals surface area (Å²) in [6.07, 6.45) is 9.23. The molecule has 0 saturated heterocycles. The van der Waals surface area contributed by atoms with Gasteiger partial charge < -0.3 is 9.88 Å². The third-order valence-corrected chi connectivity index (χ3v) is 3.24. The predicted molar refractivity (Wildman–Crippen MR) is 62.4 cm³/mol. The Bertz CT molecular complexity index is 339. The van der Waals surface area contributed by atoms with Crippen LogP contribution in [0.15, 0.2) is 18.7 Å². The molecule has 1 aliphatic carbocycles. The second-order valence-electron chi connectivity index (χ2n) is 4.12. The van der Waals surface area contributed by atoms with E-state index in [1.807, 2.05) is 12.5 Å². The third kappa shape index (κ3) is 2.55. The molecule has 5 heteroatoms. The van der Waals surface area contributed by atoms with Crippen molar-refractivity contribution >= 4 is 17.5 Å². The molecule has 0 aliphatic heterocycles. The van der Waals surface area contributed by atoms with Gasteiger partial charge in [0.15, 0.2) is 0 Å². The summed E-state index contributed by atoms with van der Waals surface area (Å²) in [6, 6.07) is 0.576. The molecular weight excluding hydrogens is 226 g/mol. The molecule has 88 valence electrons. The molecule has 4 nitrogen and oxygen atoms in total. The van der Waals surface area contributed by atoms with Crippen molar-refractivity contribution in [2.45, 2.75) is 37.8 Å². The lowest BCUT2D eigenvalue weighted by molar-refractivity contribution is -0.121. The highest BCUT2D eigenvalue weighted by Crippen LogP contribution is 2.29. The summed E-state index contributed by atoms with van der Waals surface area (Å²) in [6.45, 7) is 0. The van der Waals surface area contributed by atoms with E-state index in [0.29, 0.717) is 18.3 Å². The number of carbonyl (C=O) groups excluding carboxylic acids is 1. The third-order valence-electron chi connectivity index (χ3n) is 3.06. The Balaban J connectivity index is 1.96. The molecule has 0 spiro atoms. The lowest BCUT2D eigenvalue weighted by Gasteiger charge is -2.21. The minimum Gasteiger partial charge on any atom is -0.351 e. The van der Waals surface area contributed by atoms with E-state index in [0.717, 1.165) is 19.3 Å². The van der Waals surface area contributed by atoms with Crippen LogP contribution in [-0.2, 0) is 4.79 Å². The van der Waals surface area contributed by atoms with Crippen LogP contribution in [0.4, 0.5) is 0 Å². The average molecular weight is 242 g/mol. The van der Waals surface area contributed by atoms with Crippen molar-refractivity contribution in [1.82, 2.24) is 14.9 Å². The summed E-state index contributed by atoms with van der Waals surface area (Å²) >= 11 is 5.54. The van der Waals surface area contributed by atoms with Crippen LogP contribution in [0.5, 0.6) is 0 Å². The lowest BCUT2D eigenvalue weighted by atomic mass is 10.1. The second kappa shape index (κ2) is 5.34. The number of hydrogen-bond donors (Lipinski definition) is 1. The van der Waals surface area contributed by atoms with E-state index in [1.54, 1.807) is 6.20 Å². The number of nitrogens with zero attached hydrogens (tertiary/aromatic N) is 2. The molecule has 1 N–H and O–H groups in total. The Labute approximate surface area is 100.0 Å². The number of nitrogens with one attached hydrogen (secondary N) is 1. The number of imidazole rings is 1. The van der Waals surface area contributed by atoms with Gasteiger partial charge >= 0.3 is 0 Å². The van der Waals surface area contributed by atoms with Gasteiger partial charge in [-0.25, -0.2) is 4.98 Å². The monoisotopic (exact) mass is 241 g/mol. The molecule has 1 aromatic rings. The molecule has 1 aliphatic rings. The zero-order chi connectivity index (χ0) is 11.4. The first kappa shape index (κ1) is 11.5. The zero-order valence-corrected chi connectivity index (χ0v) is 9.86. The van der Waals surface area contributed by atoms with Gasteiger partial charge in [-0.1, -0.05) is 0 Å². The van der Waals surface area contributed by atoms with Crippen LogP contribution in [0.3, 0.4) is 0 Å². The highest BCUT2D eigenvalue weighted by atomic mass is 35.5. The number of hydrogen-bond acceptors (Lipinski definition) is 2. The summed E-state index contributed by atoms with van der Waals surface area (Å²) in [5, 5.41) is 3.05. The molecule has 2 unspecified atom stereocenters. The van der Waals surface area contributed by atoms with Gasteiger partial charge in [-0.05, 0) is 19.3 Å². The number of alkyl halides is 1. The summed E-state index contributed by atoms with van der Waals surface area (Å²) in [4.78, 5) is 15.5. The number of carbonyl (C=O) groups is 1. The molecule has 1 fully saturated rings. The predicted octanol–water partition coefficient (Wildman–Crippen LogP) is 1.72. The molecule has 1 saturated carbocycles. The maximum atomic E-state index is 11.5. The Kier molecular flexibility index (Phi) is 3.83. The van der Waals surface area contributed by atoms with Gasteiger partial charge in [0.1, 0.15) is 0 Å². The molecule has 2 atom stereocenters. The van der Waals surface area contributed by atoms with Crippen molar-refractivity contribution in [2.75, 3.05) is 5.88 Å². The molecule has 1 aromatic heterocycles. The van der Waals surface area contributed by atoms with Gasteiger partial charge in [-0.3, -0.25) is 4.79 Å². The number of rotatable bonds is 4. The van der Waals surface area contributed by atoms with Crippen LogP contribution in [-0.4, -0.2) is 27.4 Å². The second-order valence-corrected chi connectivity index (χ2v) is 4.50. The van der Waals surface area contributed by atoms with Gasteiger partial charge in [-0.15, -0.1) is 11.6 Å². The Morgan fingerprint density at radius 3 is 3.12 bits per heavy atom. The summed E-state index contributed by atoms with van der Waals surface area (Å²) in [5.74, 6) is 0.431. The van der Waals surface area contributed by atoms with Crippen LogP contribution in [0.2, 0.25) is 0 Å². The van der Waals surface area contributed by atoms with Gasteiger partial charge in [0.2, 0.25) is 5.91 Å². The van der Waals surface area contributed by atoms with Crippen LogP contribution >= 0.6 is 11.6 Å². The van der Waals surface area contributed by atoms with Crippen molar-refractivity contribution in [3.63, 3.8) is 0 Å². The summed E-state index contributed by atoms with van der Waals surface area (Å²) in [5.41, 5.74) is 0. The van der Waals surface area contributed by atoms with E-state index >= 15 is 0 Å². The topological polar surface area (TPSA) is 46.9 Å². The molecule has 1 amide bonds. The maximum Gasteiger partial charge on any atom is 0.221 e. The molecule has 2 rings (SSSR count). The fourth-order valence-electron chi connectivity index (χ4n) is 2.30. The van der Waals surface area contributed by atoms with E-state index < -0.39 is 0 Å². The van der Waals surface area contributed by atoms with Crippen LogP contribution in [0.25, 0.3) is 0 Å². The average Bonchev–Trinajstić information content (AvgIpc) is 2.86. The Morgan fingerprint density at radius 1 is 1.56 bits per heavy atom. The summed E-state index contributed by atoms with van der Waals surface area (Å²) < 4.78 is 2.08. The number of aromatic nitrogens is 2. The zero-order valence-electron chi connectivity index (χ0n) is 9.10. The Morgan fingerprint density at radius 2 is 2.44 bits per heavy atom. The van der Waals surface area contributed by atoms with Crippen molar-refractivity contribution in [2.24, 2.45) is 0 Å². The highest BCUT2D eigenvalue weighted by Gasteiger charge is 2.29. The van der Waals surface area contributed by atoms with Gasteiger partial charge in [0, 0.05) is 30.7 Å². The minimum atomic E-state index is 0.0482. The molecule has 0 aromatic carbocycles. The van der Waals surface area contributed by atoms with Crippen LogP contribution < -0.4 is 5.32 Å². The quantitative estimate of drug-likeness (QED) is 0.816. The molecule has 16 heavy (non-hydrogen) atoms. The first-order valence-electron chi connectivity index (χ1n) is 5.64. The lowest BCUT2D eigenvalue weighted by Crippen LogP contribution is -2.38. The van der Waals surface area contributed by atoms with Crippen molar-refractivity contribution in [3.05, 3.63) is 18.7 Å². The fourth-order valence-corrected chi connectivity index (χ4v) is 2.47. The van der Waals surface area contributed by atoms with E-state index in [-0.39, 0.29) is 11.9 Å². The van der Waals surface area contributed by atoms with Crippen molar-refractivity contribution in [1.29, 1.82) is 0 Å². The molecular formula is C11H16ClN3O. The first-order valence-corrected chi connectivity index (χ1v) is 6.17. The van der Waals surface area contributed by atoms with E-state index in [9.17, 15) is 4.79 Å². The Hall–Kier alpha value is -1.03. The van der Waals surface area contributed by atoms with Crippen molar-refractivity contribution < 1.29 is 4.79 Å². The number of halogens is 1. The molecule has 0 bridgehead atoms. The van der Waals surface area contributed by atoms with Crippen LogP contribution in [0.1, 0.15) is 31.7 Å². The standard InChI is InChI=1S/C11H16ClN3O/c12-5-4-11(16)14-9-2-1-3-10(9)15-7-6-13-8-15/h6-10H,1-5H2,(H,14,16). The fraction of sp³-hybridized carbons (Fsp3) is 0.636. The van der Waals surface area contributed by atoms with E-state index in [4.69, 9.17) is 11.6 Å². The van der Waals surface area contributed by atoms with Crippen LogP contribution in [0, 0.1) is 0 Å². The smallest absolute Gasteiger partial charge is 0.221 e. The first-order chi connectivity index (χ1) is 7.81. The SMILES string of the molecule is O=C(CCCl)NC1CCCC1n1ccnc1. The van der Waals surface area contributed by atoms with Gasteiger partial charge in [-0.2, -0.15) is 0 Å². The van der Waals surface area contributed by atoms with Crippen molar-refractivity contribution in [3.8, 4) is 0 Å².